The van der Waals surface area contributed by atoms with Gasteiger partial charge in [0, 0.05) is 37.0 Å². The Hall–Kier alpha value is -2.85. The zero-order chi connectivity index (χ0) is 24.7. The third-order valence-corrected chi connectivity index (χ3v) is 6.56. The Morgan fingerprint density at radius 3 is 2.47 bits per heavy atom. The number of aromatic nitrogens is 4. The molecule has 4 N–H and O–H groups in total. The van der Waals surface area contributed by atoms with Crippen molar-refractivity contribution in [3.05, 3.63) is 56.5 Å². The number of aryl methyl sites for hydroxylation is 1. The summed E-state index contributed by atoms with van der Waals surface area (Å²) in [7, 11) is 0. The fraction of sp³-hybridized carbons (Fsp3) is 0.500. The molecule has 3 aromatic rings. The van der Waals surface area contributed by atoms with Gasteiger partial charge >= 0.3 is 5.69 Å². The molecule has 34 heavy (non-hydrogen) atoms. The van der Waals surface area contributed by atoms with Crippen LogP contribution in [0, 0.1) is 0 Å². The normalized spacial score (nSPS) is 12.2. The number of hydrogen-bond acceptors (Lipinski definition) is 6. The Bertz CT molecular complexity index is 1230. The van der Waals surface area contributed by atoms with E-state index in [0.29, 0.717) is 55.3 Å². The molecule has 3 rings (SSSR count). The van der Waals surface area contributed by atoms with Gasteiger partial charge < -0.3 is 16.0 Å². The number of hydrogen-bond donors (Lipinski definition) is 3. The monoisotopic (exact) mass is 486 g/mol. The van der Waals surface area contributed by atoms with E-state index in [0.717, 1.165) is 23.3 Å². The zero-order valence-electron chi connectivity index (χ0n) is 20.1. The average Bonchev–Trinajstić information content (AvgIpc) is 3.28. The van der Waals surface area contributed by atoms with Gasteiger partial charge in [0.25, 0.3) is 5.56 Å². The maximum atomic E-state index is 12.9. The summed E-state index contributed by atoms with van der Waals surface area (Å²) in [5, 5.41) is 2.76. The van der Waals surface area contributed by atoms with Crippen LogP contribution in [0.2, 0.25) is 0 Å². The van der Waals surface area contributed by atoms with E-state index in [1.54, 1.807) is 4.57 Å². The van der Waals surface area contributed by atoms with Crippen LogP contribution in [0.15, 0.2) is 38.8 Å². The molecule has 1 amide bonds. The number of thioether (sulfide) groups is 1. The fourth-order valence-electron chi connectivity index (χ4n) is 3.85. The lowest BCUT2D eigenvalue weighted by Crippen LogP contribution is -2.40. The van der Waals surface area contributed by atoms with Crippen molar-refractivity contribution in [1.82, 2.24) is 24.4 Å². The van der Waals surface area contributed by atoms with Crippen molar-refractivity contribution in [2.45, 2.75) is 63.9 Å². The number of carbonyl (C=O) groups is 1. The van der Waals surface area contributed by atoms with Gasteiger partial charge in [-0.3, -0.25) is 18.7 Å². The molecule has 0 radical (unpaired) electrons. The number of rotatable bonds is 12. The van der Waals surface area contributed by atoms with Gasteiger partial charge in [-0.15, -0.1) is 11.8 Å². The van der Waals surface area contributed by atoms with Crippen molar-refractivity contribution < 1.29 is 4.79 Å². The van der Waals surface area contributed by atoms with Gasteiger partial charge in [-0.2, -0.15) is 0 Å². The lowest BCUT2D eigenvalue weighted by molar-refractivity contribution is -0.118. The van der Waals surface area contributed by atoms with E-state index in [9.17, 15) is 14.4 Å². The molecule has 1 atom stereocenters. The van der Waals surface area contributed by atoms with E-state index >= 15 is 0 Å². The van der Waals surface area contributed by atoms with Crippen molar-refractivity contribution in [3.8, 4) is 0 Å². The molecule has 2 aromatic heterocycles. The number of amides is 1. The van der Waals surface area contributed by atoms with Gasteiger partial charge in [0.1, 0.15) is 11.5 Å². The van der Waals surface area contributed by atoms with Crippen molar-refractivity contribution in [1.29, 1.82) is 0 Å². The molecule has 1 aromatic carbocycles. The van der Waals surface area contributed by atoms with E-state index in [4.69, 9.17) is 5.73 Å². The summed E-state index contributed by atoms with van der Waals surface area (Å²) in [4.78, 5) is 46.4. The van der Waals surface area contributed by atoms with E-state index in [1.165, 1.54) is 16.3 Å². The summed E-state index contributed by atoms with van der Waals surface area (Å²) in [5.74, 6) is 1.04. The van der Waals surface area contributed by atoms with Crippen LogP contribution in [-0.2, 0) is 24.3 Å². The molecule has 0 spiro atoms. The molecule has 0 bridgehead atoms. The van der Waals surface area contributed by atoms with Crippen molar-refractivity contribution in [2.24, 2.45) is 5.73 Å². The third-order valence-electron chi connectivity index (χ3n) is 5.55. The zero-order valence-corrected chi connectivity index (χ0v) is 20.9. The van der Waals surface area contributed by atoms with Crippen LogP contribution < -0.4 is 22.3 Å². The summed E-state index contributed by atoms with van der Waals surface area (Å²) in [6.45, 7) is 7.82. The Morgan fingerprint density at radius 1 is 1.15 bits per heavy atom. The molecular formula is C24H34N6O3S. The van der Waals surface area contributed by atoms with Crippen LogP contribution in [0.4, 0.5) is 0 Å². The highest BCUT2D eigenvalue weighted by molar-refractivity contribution is 8.00. The van der Waals surface area contributed by atoms with Crippen LogP contribution >= 0.6 is 11.8 Å². The predicted molar refractivity (Wildman–Crippen MR) is 137 cm³/mol. The molecule has 9 nitrogen and oxygen atoms in total. The van der Waals surface area contributed by atoms with E-state index in [1.807, 2.05) is 38.1 Å². The maximum Gasteiger partial charge on any atom is 0.332 e. The minimum absolute atomic E-state index is 0.0251. The Labute approximate surface area is 203 Å². The molecule has 2 heterocycles. The highest BCUT2D eigenvalue weighted by atomic mass is 32.2. The van der Waals surface area contributed by atoms with Gasteiger partial charge in [-0.25, -0.2) is 9.78 Å². The first-order chi connectivity index (χ1) is 16.4. The number of nitrogens with zero attached hydrogens (tertiary/aromatic N) is 3. The van der Waals surface area contributed by atoms with Crippen LogP contribution in [0.5, 0.6) is 0 Å². The molecule has 0 aliphatic carbocycles. The quantitative estimate of drug-likeness (QED) is 0.337. The SMILES string of the molecule is CCCn1c(=O)c2nc(C(C)Cc3ccc(SCC(=O)NCCN)cc3)[nH]c2n(CCC)c1=O. The predicted octanol–water partition coefficient (Wildman–Crippen LogP) is 2.22. The molecule has 1 unspecified atom stereocenters. The van der Waals surface area contributed by atoms with Gasteiger partial charge in [0.05, 0.1) is 5.75 Å². The highest BCUT2D eigenvalue weighted by Crippen LogP contribution is 2.23. The first kappa shape index (κ1) is 25.8. The smallest absolute Gasteiger partial charge is 0.332 e. The number of imidazole rings is 1. The molecule has 184 valence electrons. The number of aromatic amines is 1. The topological polar surface area (TPSA) is 128 Å². The molecule has 10 heteroatoms. The largest absolute Gasteiger partial charge is 0.354 e. The lowest BCUT2D eigenvalue weighted by atomic mass is 10.0. The van der Waals surface area contributed by atoms with Gasteiger partial charge in [0.2, 0.25) is 5.91 Å². The maximum absolute atomic E-state index is 12.9. The number of H-pyrrole nitrogens is 1. The van der Waals surface area contributed by atoms with Crippen LogP contribution in [0.1, 0.15) is 50.9 Å². The van der Waals surface area contributed by atoms with E-state index < -0.39 is 0 Å². The average molecular weight is 487 g/mol. The number of nitrogens with two attached hydrogens (primary N) is 1. The second-order valence-electron chi connectivity index (χ2n) is 8.39. The second kappa shape index (κ2) is 12.0. The summed E-state index contributed by atoms with van der Waals surface area (Å²) in [6, 6.07) is 8.09. The van der Waals surface area contributed by atoms with Gasteiger partial charge in [-0.1, -0.05) is 32.9 Å². The Kier molecular flexibility index (Phi) is 9.12. The second-order valence-corrected chi connectivity index (χ2v) is 9.44. The highest BCUT2D eigenvalue weighted by Gasteiger charge is 2.19. The number of carbonyl (C=O) groups excluding carboxylic acids is 1. The molecule has 0 saturated carbocycles. The first-order valence-electron chi connectivity index (χ1n) is 11.8. The molecule has 0 aliphatic rings. The fourth-order valence-corrected chi connectivity index (χ4v) is 4.58. The Morgan fingerprint density at radius 2 is 1.82 bits per heavy atom. The standard InChI is InChI=1S/C24H34N6O3S/c1-4-12-29-22-20(23(32)30(13-5-2)24(29)33)27-21(28-22)16(3)14-17-6-8-18(9-7-17)34-15-19(31)26-11-10-25/h6-9,16H,4-5,10-15,25H2,1-3H3,(H,26,31)(H,27,28). The summed E-state index contributed by atoms with van der Waals surface area (Å²) >= 11 is 1.48. The third kappa shape index (κ3) is 5.98. The van der Waals surface area contributed by atoms with Gasteiger partial charge in [-0.05, 0) is 37.0 Å². The molecular weight excluding hydrogens is 452 g/mol. The molecule has 0 saturated heterocycles. The lowest BCUT2D eigenvalue weighted by Gasteiger charge is -2.10. The van der Waals surface area contributed by atoms with E-state index in [2.05, 4.69) is 22.2 Å². The number of nitrogens with one attached hydrogen (secondary N) is 2. The van der Waals surface area contributed by atoms with Crippen LogP contribution in [0.3, 0.4) is 0 Å². The van der Waals surface area contributed by atoms with Gasteiger partial charge in [0.15, 0.2) is 5.52 Å². The minimum Gasteiger partial charge on any atom is -0.354 e. The summed E-state index contributed by atoms with van der Waals surface area (Å²) < 4.78 is 2.92. The van der Waals surface area contributed by atoms with E-state index in [-0.39, 0.29) is 23.1 Å². The van der Waals surface area contributed by atoms with Crippen molar-refractivity contribution in [3.63, 3.8) is 0 Å². The summed E-state index contributed by atoms with van der Waals surface area (Å²) in [5.41, 5.74) is 6.73. The summed E-state index contributed by atoms with van der Waals surface area (Å²) in [6.07, 6.45) is 2.21. The van der Waals surface area contributed by atoms with Crippen molar-refractivity contribution in [2.75, 3.05) is 18.8 Å². The first-order valence-corrected chi connectivity index (χ1v) is 12.8. The molecule has 0 fully saturated rings. The number of benzene rings is 1. The van der Waals surface area contributed by atoms with Crippen LogP contribution in [-0.4, -0.2) is 43.9 Å². The van der Waals surface area contributed by atoms with Crippen LogP contribution in [0.25, 0.3) is 11.2 Å². The Balaban J connectivity index is 1.77. The molecule has 0 aliphatic heterocycles. The minimum atomic E-state index is -0.333. The number of fused-ring (bicyclic) bond motifs is 1. The van der Waals surface area contributed by atoms with Crippen molar-refractivity contribution >= 4 is 28.8 Å².